The highest BCUT2D eigenvalue weighted by Gasteiger charge is 2.44. The van der Waals surface area contributed by atoms with Crippen molar-refractivity contribution in [2.24, 2.45) is 0 Å². The van der Waals surface area contributed by atoms with Gasteiger partial charge in [0.15, 0.2) is 0 Å². The fraction of sp³-hybridized carbons (Fsp3) is 0.529. The maximum atomic E-state index is 12.9. The molecular formula is C17H22ClNO6S. The van der Waals surface area contributed by atoms with Crippen LogP contribution in [0.25, 0.3) is 0 Å². The average Bonchev–Trinajstić information content (AvgIpc) is 2.62. The second kappa shape index (κ2) is 8.37. The van der Waals surface area contributed by atoms with E-state index in [1.807, 2.05) is 0 Å². The first-order valence-corrected chi connectivity index (χ1v) is 10.2. The number of carbonyl (C=O) groups is 2. The van der Waals surface area contributed by atoms with Crippen molar-refractivity contribution in [2.75, 3.05) is 13.7 Å². The number of carbonyl (C=O) groups excluding carboxylic acids is 2. The largest absolute Gasteiger partial charge is 0.465 e. The van der Waals surface area contributed by atoms with Crippen LogP contribution in [0, 0.1) is 0 Å². The maximum absolute atomic E-state index is 12.9. The Morgan fingerprint density at radius 3 is 2.46 bits per heavy atom. The molecule has 1 saturated carbocycles. The molecule has 2 rings (SSSR count). The Kier molecular flexibility index (Phi) is 6.65. The van der Waals surface area contributed by atoms with Crippen LogP contribution in [0.2, 0.25) is 5.02 Å². The highest BCUT2D eigenvalue weighted by atomic mass is 35.5. The second-order valence-corrected chi connectivity index (χ2v) is 8.16. The van der Waals surface area contributed by atoms with Gasteiger partial charge in [-0.25, -0.2) is 13.2 Å². The molecule has 9 heteroatoms. The molecule has 1 fully saturated rings. The number of hydrogen-bond donors (Lipinski definition) is 1. The molecular weight excluding hydrogens is 382 g/mol. The summed E-state index contributed by atoms with van der Waals surface area (Å²) in [7, 11) is -2.97. The molecule has 0 aliphatic heterocycles. The van der Waals surface area contributed by atoms with Crippen molar-refractivity contribution in [2.45, 2.75) is 49.5 Å². The van der Waals surface area contributed by atoms with E-state index < -0.39 is 27.5 Å². The molecule has 1 aliphatic rings. The Labute approximate surface area is 158 Å². The zero-order valence-electron chi connectivity index (χ0n) is 14.7. The summed E-state index contributed by atoms with van der Waals surface area (Å²) >= 11 is 6.04. The van der Waals surface area contributed by atoms with Gasteiger partial charge in [0, 0.05) is 0 Å². The summed E-state index contributed by atoms with van der Waals surface area (Å²) in [4.78, 5) is 23.9. The Balaban J connectivity index is 2.42. The van der Waals surface area contributed by atoms with E-state index in [0.717, 1.165) is 12.5 Å². The van der Waals surface area contributed by atoms with Crippen LogP contribution >= 0.6 is 11.6 Å². The van der Waals surface area contributed by atoms with E-state index in [1.54, 1.807) is 6.92 Å². The lowest BCUT2D eigenvalue weighted by Crippen LogP contribution is -2.56. The van der Waals surface area contributed by atoms with Gasteiger partial charge in [-0.05, 0) is 38.0 Å². The van der Waals surface area contributed by atoms with Gasteiger partial charge < -0.3 is 9.47 Å². The molecule has 0 atom stereocenters. The Morgan fingerprint density at radius 1 is 1.23 bits per heavy atom. The predicted molar refractivity (Wildman–Crippen MR) is 95.6 cm³/mol. The van der Waals surface area contributed by atoms with Gasteiger partial charge >= 0.3 is 11.9 Å². The quantitative estimate of drug-likeness (QED) is 0.733. The molecule has 0 heterocycles. The number of ether oxygens (including phenoxy) is 2. The van der Waals surface area contributed by atoms with E-state index in [0.29, 0.717) is 25.7 Å². The molecule has 144 valence electrons. The minimum Gasteiger partial charge on any atom is -0.465 e. The predicted octanol–water partition coefficient (Wildman–Crippen LogP) is 2.67. The molecule has 0 aromatic heterocycles. The first kappa shape index (κ1) is 20.7. The SMILES string of the molecule is CCOC(=O)C1(NS(=O)(=O)c2cc(C(=O)OC)ccc2Cl)CCCCC1. The van der Waals surface area contributed by atoms with Crippen molar-refractivity contribution in [3.63, 3.8) is 0 Å². The van der Waals surface area contributed by atoms with Gasteiger partial charge in [0.25, 0.3) is 0 Å². The summed E-state index contributed by atoms with van der Waals surface area (Å²) in [5, 5.41) is -0.0556. The summed E-state index contributed by atoms with van der Waals surface area (Å²) in [6.45, 7) is 1.82. The molecule has 0 unspecified atom stereocenters. The van der Waals surface area contributed by atoms with Crippen molar-refractivity contribution >= 4 is 33.6 Å². The van der Waals surface area contributed by atoms with Crippen LogP contribution in [0.5, 0.6) is 0 Å². The van der Waals surface area contributed by atoms with Crippen LogP contribution in [0.15, 0.2) is 23.1 Å². The third-order valence-corrected chi connectivity index (χ3v) is 6.36. The third-order valence-electron chi connectivity index (χ3n) is 4.34. The zero-order chi connectivity index (χ0) is 19.4. The Morgan fingerprint density at radius 2 is 1.88 bits per heavy atom. The number of hydrogen-bond acceptors (Lipinski definition) is 6. The van der Waals surface area contributed by atoms with Gasteiger partial charge in [0.2, 0.25) is 10.0 Å². The van der Waals surface area contributed by atoms with Crippen molar-refractivity contribution in [3.8, 4) is 0 Å². The van der Waals surface area contributed by atoms with Gasteiger partial charge in [0.05, 0.1) is 24.3 Å². The molecule has 26 heavy (non-hydrogen) atoms. The van der Waals surface area contributed by atoms with Crippen molar-refractivity contribution in [1.29, 1.82) is 0 Å². The van der Waals surface area contributed by atoms with E-state index >= 15 is 0 Å². The summed E-state index contributed by atoms with van der Waals surface area (Å²) in [6.07, 6.45) is 3.02. The summed E-state index contributed by atoms with van der Waals surface area (Å²) < 4.78 is 38.1. The number of benzene rings is 1. The second-order valence-electron chi connectivity index (χ2n) is 6.11. The summed E-state index contributed by atoms with van der Waals surface area (Å²) in [5.74, 6) is -1.28. The molecule has 1 aromatic carbocycles. The van der Waals surface area contributed by atoms with Gasteiger partial charge in [0.1, 0.15) is 10.4 Å². The monoisotopic (exact) mass is 403 g/mol. The fourth-order valence-electron chi connectivity index (χ4n) is 3.04. The lowest BCUT2D eigenvalue weighted by molar-refractivity contribution is -0.151. The van der Waals surface area contributed by atoms with Crippen molar-refractivity contribution < 1.29 is 27.5 Å². The molecule has 0 radical (unpaired) electrons. The highest BCUT2D eigenvalue weighted by Crippen LogP contribution is 2.32. The van der Waals surface area contributed by atoms with Crippen LogP contribution in [0.4, 0.5) is 0 Å². The number of sulfonamides is 1. The lowest BCUT2D eigenvalue weighted by Gasteiger charge is -2.35. The van der Waals surface area contributed by atoms with E-state index in [9.17, 15) is 18.0 Å². The van der Waals surface area contributed by atoms with Gasteiger partial charge in [-0.15, -0.1) is 0 Å². The van der Waals surface area contributed by atoms with Gasteiger partial charge in [-0.3, -0.25) is 4.79 Å². The molecule has 1 aliphatic carbocycles. The van der Waals surface area contributed by atoms with Crippen LogP contribution in [0.3, 0.4) is 0 Å². The lowest BCUT2D eigenvalue weighted by atomic mass is 9.82. The van der Waals surface area contributed by atoms with Gasteiger partial charge in [-0.1, -0.05) is 30.9 Å². The standard InChI is InChI=1S/C17H22ClNO6S/c1-3-25-16(21)17(9-5-4-6-10-17)19-26(22,23)14-11-12(15(20)24-2)7-8-13(14)18/h7-8,11,19H,3-6,9-10H2,1-2H3. The first-order chi connectivity index (χ1) is 12.3. The number of nitrogens with one attached hydrogen (secondary N) is 1. The number of esters is 2. The average molecular weight is 404 g/mol. The topological polar surface area (TPSA) is 98.8 Å². The summed E-state index contributed by atoms with van der Waals surface area (Å²) in [6, 6.07) is 3.81. The highest BCUT2D eigenvalue weighted by molar-refractivity contribution is 7.89. The van der Waals surface area contributed by atoms with Crippen molar-refractivity contribution in [3.05, 3.63) is 28.8 Å². The van der Waals surface area contributed by atoms with E-state index in [4.69, 9.17) is 16.3 Å². The number of methoxy groups -OCH3 is 1. The molecule has 0 amide bonds. The van der Waals surface area contributed by atoms with Crippen LogP contribution in [-0.4, -0.2) is 39.6 Å². The minimum atomic E-state index is -4.17. The Bertz CT molecular complexity index is 786. The fourth-order valence-corrected chi connectivity index (χ4v) is 4.98. The third kappa shape index (κ3) is 4.36. The smallest absolute Gasteiger partial charge is 0.337 e. The van der Waals surface area contributed by atoms with E-state index in [2.05, 4.69) is 9.46 Å². The van der Waals surface area contributed by atoms with Crippen LogP contribution in [0.1, 0.15) is 49.4 Å². The number of halogens is 1. The maximum Gasteiger partial charge on any atom is 0.337 e. The molecule has 1 N–H and O–H groups in total. The molecule has 0 saturated heterocycles. The normalized spacial score (nSPS) is 16.7. The van der Waals surface area contributed by atoms with E-state index in [1.165, 1.54) is 19.2 Å². The molecule has 0 bridgehead atoms. The van der Waals surface area contributed by atoms with Crippen LogP contribution in [-0.2, 0) is 24.3 Å². The van der Waals surface area contributed by atoms with Crippen LogP contribution < -0.4 is 4.72 Å². The number of rotatable bonds is 6. The Hall–Kier alpha value is -1.64. The van der Waals surface area contributed by atoms with Gasteiger partial charge in [-0.2, -0.15) is 4.72 Å². The van der Waals surface area contributed by atoms with Crippen molar-refractivity contribution in [1.82, 2.24) is 4.72 Å². The zero-order valence-corrected chi connectivity index (χ0v) is 16.3. The molecule has 1 aromatic rings. The summed E-state index contributed by atoms with van der Waals surface area (Å²) in [5.41, 5.74) is -1.27. The minimum absolute atomic E-state index is 0.0473. The molecule has 0 spiro atoms. The first-order valence-electron chi connectivity index (χ1n) is 8.35. The van der Waals surface area contributed by atoms with E-state index in [-0.39, 0.29) is 22.1 Å². The molecule has 7 nitrogen and oxygen atoms in total.